The van der Waals surface area contributed by atoms with Crippen molar-refractivity contribution in [3.63, 3.8) is 0 Å². The smallest absolute Gasteiger partial charge is 0.266 e. The van der Waals surface area contributed by atoms with Gasteiger partial charge < -0.3 is 0 Å². The molecule has 8 aliphatic rings. The second kappa shape index (κ2) is 32.2. The van der Waals surface area contributed by atoms with Gasteiger partial charge in [0.15, 0.2) is 0 Å². The summed E-state index contributed by atoms with van der Waals surface area (Å²) in [6.07, 6.45) is 2.40. The molecule has 12 amide bonds. The molecular weight excluding hydrogens is 1790 g/mol. The molecule has 24 rings (SSSR count). The second-order valence-electron chi connectivity index (χ2n) is 37.2. The van der Waals surface area contributed by atoms with Gasteiger partial charge in [0.25, 0.3) is 70.9 Å². The minimum Gasteiger partial charge on any atom is -0.277 e. The SMILES string of the molecule is CCc1cc(Cc2cc(CC)c(N3C(=O)c4ccc(-c5ccc6c(c5)C(=O)N(c5ccc(C7(c8ccc(N9C(=O)c%10ccc(S(=O)(=O)c%11ccc%12c(c%11)C(=O)N(c%11ccc(C%13(c%14ccc(C)cc%14)c%14ccccc%14-c%14ccccc%14%13)cc%11)C%12=O)cc%10C9=O)cc8)c8ccccc8-c8ccccc87)cc5)C6=O)cc4C3=O)c(CC)c2)cc(CC)c1N1C(=O)c2ccc(-c3ccc4c(c3)C(=O)N(C)C4=O)cc2C1=O. The summed E-state index contributed by atoms with van der Waals surface area (Å²) >= 11 is 0. The number of fused-ring (bicyclic) bond motifs is 12. The molecule has 0 radical (unpaired) electrons. The lowest BCUT2D eigenvalue weighted by molar-refractivity contribution is 0.0689. The quantitative estimate of drug-likeness (QED) is 0.0682. The summed E-state index contributed by atoms with van der Waals surface area (Å²) in [6.45, 7) is 9.96. The van der Waals surface area contributed by atoms with E-state index in [0.29, 0.717) is 82.7 Å². The van der Waals surface area contributed by atoms with Crippen molar-refractivity contribution in [3.05, 3.63) is 478 Å². The molecule has 0 fully saturated rings. The predicted octanol–water partition coefficient (Wildman–Crippen LogP) is 22.0. The van der Waals surface area contributed by atoms with Crippen LogP contribution in [-0.4, -0.2) is 91.3 Å². The Morgan fingerprint density at radius 3 is 0.761 bits per heavy atom. The van der Waals surface area contributed by atoms with Gasteiger partial charge in [-0.1, -0.05) is 240 Å². The van der Waals surface area contributed by atoms with Crippen LogP contribution in [0.2, 0.25) is 0 Å². The van der Waals surface area contributed by atoms with E-state index < -0.39 is 85.6 Å². The van der Waals surface area contributed by atoms with Crippen LogP contribution in [0.5, 0.6) is 0 Å². The van der Waals surface area contributed by atoms with E-state index in [-0.39, 0.29) is 82.6 Å². The molecule has 686 valence electrons. The van der Waals surface area contributed by atoms with E-state index in [9.17, 15) is 61.2 Å². The maximum Gasteiger partial charge on any atom is 0.266 e. The molecule has 0 spiro atoms. The number of carbonyl (C=O) groups is 12. The first-order valence-electron chi connectivity index (χ1n) is 47.2. The molecule has 16 aromatic rings. The van der Waals surface area contributed by atoms with Gasteiger partial charge in [0.1, 0.15) is 0 Å². The summed E-state index contributed by atoms with van der Waals surface area (Å²) in [5.74, 6) is -6.65. The van der Waals surface area contributed by atoms with Gasteiger partial charge in [-0.05, 0) is 283 Å². The maximum atomic E-state index is 15.1. The minimum absolute atomic E-state index is 0.0132. The Labute approximate surface area is 815 Å². The number of carbonyl (C=O) groups excluding carboxylic acids is 12. The van der Waals surface area contributed by atoms with Crippen molar-refractivity contribution in [2.24, 2.45) is 0 Å². The molecule has 6 heterocycles. The fraction of sp³-hybridized carbons (Fsp3) is 0.107. The monoisotopic (exact) mass is 1870 g/mol. The van der Waals surface area contributed by atoms with Crippen LogP contribution in [-0.2, 0) is 52.8 Å². The zero-order valence-electron chi connectivity index (χ0n) is 77.5. The number of hydrogen-bond acceptors (Lipinski definition) is 14. The summed E-state index contributed by atoms with van der Waals surface area (Å²) in [6, 6.07) is 98.3. The van der Waals surface area contributed by atoms with Crippen LogP contribution in [0.4, 0.5) is 28.4 Å². The Balaban J connectivity index is 0.468. The van der Waals surface area contributed by atoms with Crippen LogP contribution in [0.3, 0.4) is 0 Å². The van der Waals surface area contributed by atoms with Crippen LogP contribution >= 0.6 is 0 Å². The predicted molar refractivity (Wildman–Crippen MR) is 540 cm³/mol. The topological polar surface area (TPSA) is 258 Å². The molecule has 21 heteroatoms. The average Bonchev–Trinajstić information content (AvgIpc) is 1.54. The van der Waals surface area contributed by atoms with E-state index in [1.807, 2.05) is 168 Å². The van der Waals surface area contributed by atoms with Crippen LogP contribution in [0.25, 0.3) is 44.5 Å². The van der Waals surface area contributed by atoms with Gasteiger partial charge in [0.05, 0.1) is 116 Å². The Hall–Kier alpha value is -17.7. The largest absolute Gasteiger partial charge is 0.277 e. The van der Waals surface area contributed by atoms with E-state index >= 15 is 4.79 Å². The maximum absolute atomic E-state index is 15.1. The number of imide groups is 6. The van der Waals surface area contributed by atoms with E-state index in [4.69, 9.17) is 0 Å². The lowest BCUT2D eigenvalue weighted by atomic mass is 9.67. The molecule has 0 bridgehead atoms. The molecule has 6 aliphatic heterocycles. The van der Waals surface area contributed by atoms with Gasteiger partial charge in [-0.2, -0.15) is 0 Å². The van der Waals surface area contributed by atoms with Crippen molar-refractivity contribution in [2.45, 2.75) is 87.3 Å². The first-order valence-corrected chi connectivity index (χ1v) is 48.7. The molecule has 142 heavy (non-hydrogen) atoms. The Morgan fingerprint density at radius 2 is 0.465 bits per heavy atom. The van der Waals surface area contributed by atoms with E-state index in [2.05, 4.69) is 48.5 Å². The third kappa shape index (κ3) is 12.4. The van der Waals surface area contributed by atoms with Crippen molar-refractivity contribution in [1.29, 1.82) is 0 Å². The average molecular weight is 1880 g/mol. The summed E-state index contributed by atoms with van der Waals surface area (Å²) < 4.78 is 29.7. The lowest BCUT2D eigenvalue weighted by Crippen LogP contribution is -2.31. The fourth-order valence-electron chi connectivity index (χ4n) is 23.0. The molecule has 0 unspecified atom stereocenters. The third-order valence-corrected chi connectivity index (χ3v) is 31.6. The Morgan fingerprint density at radius 1 is 0.232 bits per heavy atom. The molecular formula is C121H82N6O14S. The van der Waals surface area contributed by atoms with Gasteiger partial charge in [-0.15, -0.1) is 0 Å². The summed E-state index contributed by atoms with van der Waals surface area (Å²) in [5.41, 5.74) is 21.4. The number of rotatable bonds is 19. The number of hydrogen-bond donors (Lipinski definition) is 0. The molecule has 0 saturated carbocycles. The van der Waals surface area contributed by atoms with Crippen molar-refractivity contribution < 1.29 is 66.0 Å². The number of sulfone groups is 1. The molecule has 0 saturated heterocycles. The number of nitrogens with zero attached hydrogens (tertiary/aromatic N) is 6. The van der Waals surface area contributed by atoms with Crippen LogP contribution in [0, 0.1) is 6.92 Å². The molecule has 16 aromatic carbocycles. The third-order valence-electron chi connectivity index (χ3n) is 29.9. The molecule has 2 aliphatic carbocycles. The van der Waals surface area contributed by atoms with Gasteiger partial charge in [-0.25, -0.2) is 32.9 Å². The first kappa shape index (κ1) is 87.1. The molecule has 20 nitrogen and oxygen atoms in total. The molecule has 0 atom stereocenters. The van der Waals surface area contributed by atoms with E-state index in [1.54, 1.807) is 109 Å². The van der Waals surface area contributed by atoms with E-state index in [1.165, 1.54) is 53.2 Å². The normalized spacial score (nSPS) is 15.4. The number of aryl methyl sites for hydroxylation is 5. The van der Waals surface area contributed by atoms with Crippen molar-refractivity contribution >= 4 is 109 Å². The Kier molecular flexibility index (Phi) is 19.8. The highest BCUT2D eigenvalue weighted by atomic mass is 32.2. The fourth-order valence-corrected chi connectivity index (χ4v) is 24.3. The van der Waals surface area contributed by atoms with Crippen molar-refractivity contribution in [1.82, 2.24) is 4.90 Å². The number of benzene rings is 16. The molecule has 0 N–H and O–H groups in total. The first-order chi connectivity index (χ1) is 68.8. The highest BCUT2D eigenvalue weighted by Crippen LogP contribution is 2.59. The Bertz CT molecular complexity index is 8510. The highest BCUT2D eigenvalue weighted by Gasteiger charge is 2.51. The van der Waals surface area contributed by atoms with Crippen LogP contribution in [0.1, 0.15) is 235 Å². The van der Waals surface area contributed by atoms with Crippen molar-refractivity contribution in [3.8, 4) is 44.5 Å². The summed E-state index contributed by atoms with van der Waals surface area (Å²) in [7, 11) is -3.10. The zero-order valence-corrected chi connectivity index (χ0v) is 78.3. The van der Waals surface area contributed by atoms with E-state index in [0.717, 1.165) is 125 Å². The number of anilines is 5. The molecule has 0 aromatic heterocycles. The van der Waals surface area contributed by atoms with Gasteiger partial charge >= 0.3 is 0 Å². The van der Waals surface area contributed by atoms with Crippen LogP contribution < -0.4 is 24.5 Å². The van der Waals surface area contributed by atoms with Gasteiger partial charge in [0, 0.05) is 7.05 Å². The van der Waals surface area contributed by atoms with Crippen LogP contribution in [0.15, 0.2) is 337 Å². The lowest BCUT2D eigenvalue weighted by Gasteiger charge is -2.34. The van der Waals surface area contributed by atoms with Gasteiger partial charge in [-0.3, -0.25) is 62.4 Å². The summed E-state index contributed by atoms with van der Waals surface area (Å²) in [4.78, 5) is 179. The zero-order chi connectivity index (χ0) is 97.9. The standard InChI is InChI=1S/C121H82N6O14S/c1-7-69-56-67(57-70(8-2)106(69)126-113(133)92-51-31-75(62-98(92)118(126)138)73-29-49-90-96(60-73)109(129)122(6)108(90)128)55-68-58-71(9-3)107(72(10-4)59-68)127-114(134)93-52-32-76(63-99(93)119(127)139)74-30-50-91-97(61-74)115(135)123(110(91)130)81-41-37-79(38-42-81)121(104-25-17-13-21-88(104)89-22-14-18-26-105(89)121)80-39-45-83(46-40-80)125-112(132)95-54-48-85(65-101(95)117(125)137)142(140,141)84-47-53-94-100(64-84)116(136)124(111(94)131)82-43-35-78(36-44-82)120(77-33-27-66(5)28-34-77)102-23-15-11-19-86(102)87-20-12-16-24-103(87)120/h11-54,56-65H,7-10,55H2,1-6H3. The highest BCUT2D eigenvalue weighted by molar-refractivity contribution is 7.91. The summed E-state index contributed by atoms with van der Waals surface area (Å²) in [5, 5.41) is 0. The minimum atomic E-state index is -4.53. The van der Waals surface area contributed by atoms with Crippen molar-refractivity contribution in [2.75, 3.05) is 31.5 Å². The van der Waals surface area contributed by atoms with Gasteiger partial charge in [0.2, 0.25) is 9.84 Å². The second-order valence-corrected chi connectivity index (χ2v) is 39.1. The number of amides is 12.